The van der Waals surface area contributed by atoms with Crippen molar-refractivity contribution in [2.45, 2.75) is 0 Å². The van der Waals surface area contributed by atoms with E-state index in [0.29, 0.717) is 16.8 Å². The van der Waals surface area contributed by atoms with Gasteiger partial charge in [-0.2, -0.15) is 5.10 Å². The van der Waals surface area contributed by atoms with Gasteiger partial charge in [0, 0.05) is 16.2 Å². The van der Waals surface area contributed by atoms with Crippen LogP contribution in [0.4, 0.5) is 0 Å². The van der Waals surface area contributed by atoms with Crippen molar-refractivity contribution in [1.29, 1.82) is 0 Å². The zero-order valence-corrected chi connectivity index (χ0v) is 10.2. The molecule has 6 heteroatoms. The van der Waals surface area contributed by atoms with Crippen LogP contribution in [0.15, 0.2) is 35.1 Å². The number of aromatic nitrogens is 2. The molecule has 0 aliphatic heterocycles. The second-order valence-electron chi connectivity index (χ2n) is 3.36. The lowest BCUT2D eigenvalue weighted by molar-refractivity contribution is 0.1000. The van der Waals surface area contributed by atoms with Gasteiger partial charge < -0.3 is 5.73 Å². The van der Waals surface area contributed by atoms with Crippen LogP contribution < -0.4 is 5.73 Å². The lowest BCUT2D eigenvalue weighted by Crippen LogP contribution is -2.09. The van der Waals surface area contributed by atoms with Crippen molar-refractivity contribution < 1.29 is 9.59 Å². The summed E-state index contributed by atoms with van der Waals surface area (Å²) in [7, 11) is 0. The Morgan fingerprint density at radius 2 is 2.24 bits per heavy atom. The van der Waals surface area contributed by atoms with Crippen molar-refractivity contribution in [2.24, 2.45) is 5.73 Å². The molecule has 0 atom stereocenters. The Balaban J connectivity index is 2.54. The van der Waals surface area contributed by atoms with Crippen molar-refractivity contribution in [3.05, 3.63) is 46.2 Å². The van der Waals surface area contributed by atoms with E-state index in [-0.39, 0.29) is 0 Å². The van der Waals surface area contributed by atoms with Gasteiger partial charge in [-0.25, -0.2) is 4.68 Å². The Bertz CT molecular complexity index is 592. The second-order valence-corrected chi connectivity index (χ2v) is 4.27. The summed E-state index contributed by atoms with van der Waals surface area (Å²) in [6.45, 7) is 0. The fraction of sp³-hybridized carbons (Fsp3) is 0. The van der Waals surface area contributed by atoms with Crippen molar-refractivity contribution in [3.8, 4) is 5.69 Å². The number of carbonyl (C=O) groups is 2. The molecule has 1 heterocycles. The third-order valence-electron chi connectivity index (χ3n) is 2.23. The summed E-state index contributed by atoms with van der Waals surface area (Å²) < 4.78 is 2.25. The highest BCUT2D eigenvalue weighted by Crippen LogP contribution is 2.19. The van der Waals surface area contributed by atoms with Crippen LogP contribution in [0.2, 0.25) is 0 Å². The van der Waals surface area contributed by atoms with E-state index in [2.05, 4.69) is 21.0 Å². The molecular weight excluding hydrogens is 286 g/mol. The first kappa shape index (κ1) is 11.5. The standard InChI is InChI=1S/C11H8BrN3O2/c12-9-2-1-7(6-16)10(3-9)15-5-8(4-14-15)11(13)17/h1-6H,(H2,13,17). The lowest BCUT2D eigenvalue weighted by atomic mass is 10.2. The van der Waals surface area contributed by atoms with E-state index in [9.17, 15) is 9.59 Å². The molecule has 2 aromatic rings. The number of nitrogens with two attached hydrogens (primary N) is 1. The lowest BCUT2D eigenvalue weighted by Gasteiger charge is -2.04. The fourth-order valence-corrected chi connectivity index (χ4v) is 1.75. The minimum atomic E-state index is -0.557. The van der Waals surface area contributed by atoms with E-state index in [1.165, 1.54) is 17.1 Å². The average Bonchev–Trinajstić information content (AvgIpc) is 2.78. The van der Waals surface area contributed by atoms with E-state index in [0.717, 1.165) is 10.8 Å². The first-order valence-electron chi connectivity index (χ1n) is 4.71. The number of aldehydes is 1. The summed E-state index contributed by atoms with van der Waals surface area (Å²) in [5, 5.41) is 3.99. The Kier molecular flexibility index (Phi) is 3.06. The van der Waals surface area contributed by atoms with E-state index in [1.54, 1.807) is 18.2 Å². The smallest absolute Gasteiger partial charge is 0.251 e. The molecule has 17 heavy (non-hydrogen) atoms. The monoisotopic (exact) mass is 293 g/mol. The van der Waals surface area contributed by atoms with E-state index >= 15 is 0 Å². The molecule has 86 valence electrons. The number of amides is 1. The first-order valence-corrected chi connectivity index (χ1v) is 5.50. The highest BCUT2D eigenvalue weighted by atomic mass is 79.9. The third-order valence-corrected chi connectivity index (χ3v) is 2.73. The molecule has 0 aliphatic rings. The summed E-state index contributed by atoms with van der Waals surface area (Å²) >= 11 is 3.31. The molecule has 0 fully saturated rings. The van der Waals surface area contributed by atoms with Crippen molar-refractivity contribution in [1.82, 2.24) is 9.78 Å². The molecule has 5 nitrogen and oxygen atoms in total. The zero-order chi connectivity index (χ0) is 12.4. The van der Waals surface area contributed by atoms with Gasteiger partial charge in [-0.3, -0.25) is 9.59 Å². The SMILES string of the molecule is NC(=O)c1cnn(-c2cc(Br)ccc2C=O)c1. The number of carbonyl (C=O) groups excluding carboxylic acids is 2. The second kappa shape index (κ2) is 4.50. The van der Waals surface area contributed by atoms with Crippen molar-refractivity contribution in [2.75, 3.05) is 0 Å². The number of benzene rings is 1. The van der Waals surface area contributed by atoms with Gasteiger partial charge >= 0.3 is 0 Å². The number of primary amides is 1. The minimum absolute atomic E-state index is 0.293. The van der Waals surface area contributed by atoms with Gasteiger partial charge in [-0.15, -0.1) is 0 Å². The van der Waals surface area contributed by atoms with Crippen LogP contribution in [-0.4, -0.2) is 22.0 Å². The number of hydrogen-bond donors (Lipinski definition) is 1. The van der Waals surface area contributed by atoms with Crippen molar-refractivity contribution >= 4 is 28.1 Å². The van der Waals surface area contributed by atoms with Crippen LogP contribution in [0.1, 0.15) is 20.7 Å². The molecule has 0 bridgehead atoms. The predicted molar refractivity (Wildman–Crippen MR) is 65.2 cm³/mol. The molecule has 0 saturated heterocycles. The molecule has 1 amide bonds. The molecular formula is C11H8BrN3O2. The van der Waals surface area contributed by atoms with Gasteiger partial charge in [-0.05, 0) is 18.2 Å². The number of rotatable bonds is 3. The molecule has 2 N–H and O–H groups in total. The largest absolute Gasteiger partial charge is 0.366 e. The van der Waals surface area contributed by atoms with Gasteiger partial charge in [0.2, 0.25) is 0 Å². The van der Waals surface area contributed by atoms with Crippen LogP contribution in [0.3, 0.4) is 0 Å². The molecule has 0 unspecified atom stereocenters. The fourth-order valence-electron chi connectivity index (χ4n) is 1.40. The van der Waals surface area contributed by atoms with Crippen LogP contribution >= 0.6 is 15.9 Å². The molecule has 2 rings (SSSR count). The Labute approximate surface area is 105 Å². The van der Waals surface area contributed by atoms with Crippen LogP contribution in [0.5, 0.6) is 0 Å². The van der Waals surface area contributed by atoms with E-state index in [1.807, 2.05) is 0 Å². The summed E-state index contributed by atoms with van der Waals surface area (Å²) in [5.74, 6) is -0.557. The minimum Gasteiger partial charge on any atom is -0.366 e. The normalized spacial score (nSPS) is 10.2. The van der Waals surface area contributed by atoms with Crippen LogP contribution in [-0.2, 0) is 0 Å². The van der Waals surface area contributed by atoms with E-state index < -0.39 is 5.91 Å². The predicted octanol–water partition coefficient (Wildman–Crippen LogP) is 1.55. The molecule has 0 saturated carbocycles. The zero-order valence-electron chi connectivity index (χ0n) is 8.63. The summed E-state index contributed by atoms with van der Waals surface area (Å²) in [6.07, 6.45) is 3.57. The van der Waals surface area contributed by atoms with Gasteiger partial charge in [0.1, 0.15) is 0 Å². The molecule has 0 aliphatic carbocycles. The highest BCUT2D eigenvalue weighted by molar-refractivity contribution is 9.10. The maximum atomic E-state index is 11.0. The van der Waals surface area contributed by atoms with Crippen molar-refractivity contribution in [3.63, 3.8) is 0 Å². The summed E-state index contributed by atoms with van der Waals surface area (Å²) in [4.78, 5) is 21.9. The number of nitrogens with zero attached hydrogens (tertiary/aromatic N) is 2. The Morgan fingerprint density at radius 3 is 2.82 bits per heavy atom. The van der Waals surface area contributed by atoms with Crippen LogP contribution in [0.25, 0.3) is 5.69 Å². The maximum absolute atomic E-state index is 11.0. The number of hydrogen-bond acceptors (Lipinski definition) is 3. The molecule has 0 spiro atoms. The summed E-state index contributed by atoms with van der Waals surface area (Å²) in [5.41, 5.74) is 6.49. The van der Waals surface area contributed by atoms with Gasteiger partial charge in [0.05, 0.1) is 17.4 Å². The highest BCUT2D eigenvalue weighted by Gasteiger charge is 2.09. The number of halogens is 1. The van der Waals surface area contributed by atoms with Gasteiger partial charge in [0.15, 0.2) is 6.29 Å². The van der Waals surface area contributed by atoms with E-state index in [4.69, 9.17) is 5.73 Å². The van der Waals surface area contributed by atoms with Gasteiger partial charge in [-0.1, -0.05) is 15.9 Å². The van der Waals surface area contributed by atoms with Gasteiger partial charge in [0.25, 0.3) is 5.91 Å². The third kappa shape index (κ3) is 2.26. The Morgan fingerprint density at radius 1 is 1.47 bits per heavy atom. The molecule has 1 aromatic heterocycles. The summed E-state index contributed by atoms with van der Waals surface area (Å²) in [6, 6.07) is 5.16. The Hall–Kier alpha value is -1.95. The molecule has 0 radical (unpaired) electrons. The average molecular weight is 294 g/mol. The topological polar surface area (TPSA) is 78.0 Å². The molecule has 1 aromatic carbocycles. The quantitative estimate of drug-likeness (QED) is 0.872. The maximum Gasteiger partial charge on any atom is 0.251 e. The first-order chi connectivity index (χ1) is 8.11. The van der Waals surface area contributed by atoms with Crippen LogP contribution in [0, 0.1) is 0 Å².